The van der Waals surface area contributed by atoms with Crippen LogP contribution in [-0.2, 0) is 4.74 Å². The highest BCUT2D eigenvalue weighted by atomic mass is 16.5. The SMILES string of the molecule is CCNC(=NCC(C)N1CCN(c2ccccc2)CC1)NCCN(C)CCCOC. The van der Waals surface area contributed by atoms with E-state index in [1.165, 1.54) is 5.69 Å². The molecule has 0 radical (unpaired) electrons. The molecule has 1 aromatic carbocycles. The van der Waals surface area contributed by atoms with Crippen molar-refractivity contribution in [3.63, 3.8) is 0 Å². The minimum Gasteiger partial charge on any atom is -0.385 e. The van der Waals surface area contributed by atoms with Crippen LogP contribution in [0.1, 0.15) is 20.3 Å². The number of anilines is 1. The van der Waals surface area contributed by atoms with Gasteiger partial charge in [-0.2, -0.15) is 0 Å². The van der Waals surface area contributed by atoms with Gasteiger partial charge < -0.3 is 25.2 Å². The highest BCUT2D eigenvalue weighted by Gasteiger charge is 2.21. The lowest BCUT2D eigenvalue weighted by Gasteiger charge is -2.38. The van der Waals surface area contributed by atoms with Crippen molar-refractivity contribution in [1.29, 1.82) is 0 Å². The van der Waals surface area contributed by atoms with Gasteiger partial charge in [0, 0.05) is 77.8 Å². The molecule has 2 rings (SSSR count). The summed E-state index contributed by atoms with van der Waals surface area (Å²) < 4.78 is 5.12. The third-order valence-corrected chi connectivity index (χ3v) is 5.59. The zero-order valence-corrected chi connectivity index (χ0v) is 19.4. The molecule has 1 aliphatic rings. The summed E-state index contributed by atoms with van der Waals surface area (Å²) in [7, 11) is 3.91. The number of rotatable bonds is 12. The molecule has 0 saturated carbocycles. The first-order chi connectivity index (χ1) is 14.6. The van der Waals surface area contributed by atoms with Gasteiger partial charge in [-0.15, -0.1) is 0 Å². The normalized spacial score (nSPS) is 16.7. The molecule has 1 saturated heterocycles. The van der Waals surface area contributed by atoms with Crippen LogP contribution >= 0.6 is 0 Å². The maximum absolute atomic E-state index is 5.12. The molecule has 1 fully saturated rings. The predicted octanol–water partition coefficient (Wildman–Crippen LogP) is 1.72. The Hall–Kier alpha value is -1.83. The second-order valence-corrected chi connectivity index (χ2v) is 8.00. The van der Waals surface area contributed by atoms with Gasteiger partial charge in [0.15, 0.2) is 5.96 Å². The number of nitrogens with one attached hydrogen (secondary N) is 2. The van der Waals surface area contributed by atoms with E-state index in [4.69, 9.17) is 9.73 Å². The van der Waals surface area contributed by atoms with Crippen molar-refractivity contribution in [3.8, 4) is 0 Å². The number of piperazine rings is 1. The van der Waals surface area contributed by atoms with Crippen LogP contribution in [-0.4, -0.2) is 101 Å². The third-order valence-electron chi connectivity index (χ3n) is 5.59. The first-order valence-corrected chi connectivity index (χ1v) is 11.4. The molecule has 1 aromatic rings. The smallest absolute Gasteiger partial charge is 0.191 e. The number of likely N-dealkylation sites (N-methyl/N-ethyl adjacent to an activating group) is 1. The standard InChI is InChI=1S/C23H42N6O/c1-5-24-23(25-12-14-27(3)13-9-19-30-4)26-20-21(2)28-15-17-29(18-16-28)22-10-7-6-8-11-22/h6-8,10-11,21H,5,9,12-20H2,1-4H3,(H2,24,25,26). The van der Waals surface area contributed by atoms with E-state index in [0.29, 0.717) is 6.04 Å². The Bertz CT molecular complexity index is 589. The maximum Gasteiger partial charge on any atom is 0.191 e. The number of hydrogen-bond donors (Lipinski definition) is 2. The Morgan fingerprint density at radius 2 is 1.87 bits per heavy atom. The summed E-state index contributed by atoms with van der Waals surface area (Å²) in [5.41, 5.74) is 1.33. The van der Waals surface area contributed by atoms with Crippen LogP contribution in [0.2, 0.25) is 0 Å². The molecule has 2 N–H and O–H groups in total. The van der Waals surface area contributed by atoms with E-state index in [1.54, 1.807) is 7.11 Å². The molecule has 7 heteroatoms. The van der Waals surface area contributed by atoms with Crippen LogP contribution < -0.4 is 15.5 Å². The van der Waals surface area contributed by atoms with Crippen molar-refractivity contribution >= 4 is 11.6 Å². The van der Waals surface area contributed by atoms with E-state index < -0.39 is 0 Å². The number of ether oxygens (including phenoxy) is 1. The van der Waals surface area contributed by atoms with Gasteiger partial charge in [-0.3, -0.25) is 9.89 Å². The van der Waals surface area contributed by atoms with Gasteiger partial charge >= 0.3 is 0 Å². The zero-order valence-electron chi connectivity index (χ0n) is 19.4. The molecule has 0 aromatic heterocycles. The topological polar surface area (TPSA) is 55.4 Å². The lowest BCUT2D eigenvalue weighted by Crippen LogP contribution is -2.50. The monoisotopic (exact) mass is 418 g/mol. The minimum absolute atomic E-state index is 0.440. The van der Waals surface area contributed by atoms with Crippen molar-refractivity contribution in [2.24, 2.45) is 4.99 Å². The van der Waals surface area contributed by atoms with E-state index in [2.05, 4.69) is 76.6 Å². The second kappa shape index (κ2) is 14.2. The second-order valence-electron chi connectivity index (χ2n) is 8.00. The van der Waals surface area contributed by atoms with E-state index in [9.17, 15) is 0 Å². The van der Waals surface area contributed by atoms with Gasteiger partial charge in [-0.25, -0.2) is 0 Å². The number of nitrogens with zero attached hydrogens (tertiary/aromatic N) is 4. The molecule has 0 spiro atoms. The van der Waals surface area contributed by atoms with Gasteiger partial charge in [0.1, 0.15) is 0 Å². The van der Waals surface area contributed by atoms with E-state index >= 15 is 0 Å². The Labute approximate surface area is 183 Å². The first kappa shape index (κ1) is 24.4. The fraction of sp³-hybridized carbons (Fsp3) is 0.696. The summed E-state index contributed by atoms with van der Waals surface area (Å²) in [4.78, 5) is 12.2. The first-order valence-electron chi connectivity index (χ1n) is 11.4. The van der Waals surface area contributed by atoms with Crippen LogP contribution in [0.3, 0.4) is 0 Å². The van der Waals surface area contributed by atoms with Gasteiger partial charge in [0.25, 0.3) is 0 Å². The van der Waals surface area contributed by atoms with E-state index in [0.717, 1.165) is 77.9 Å². The molecular weight excluding hydrogens is 376 g/mol. The van der Waals surface area contributed by atoms with E-state index in [1.807, 2.05) is 0 Å². The number of guanidine groups is 1. The number of benzene rings is 1. The summed E-state index contributed by atoms with van der Waals surface area (Å²) in [5.74, 6) is 0.914. The largest absolute Gasteiger partial charge is 0.385 e. The summed E-state index contributed by atoms with van der Waals surface area (Å²) >= 11 is 0. The van der Waals surface area contributed by atoms with Gasteiger partial charge in [-0.05, 0) is 39.4 Å². The number of methoxy groups -OCH3 is 1. The van der Waals surface area contributed by atoms with Crippen molar-refractivity contribution in [1.82, 2.24) is 20.4 Å². The number of aliphatic imine (C=N–C) groups is 1. The maximum atomic E-state index is 5.12. The molecule has 0 aliphatic carbocycles. The molecule has 30 heavy (non-hydrogen) atoms. The molecule has 7 nitrogen and oxygen atoms in total. The van der Waals surface area contributed by atoms with Crippen molar-refractivity contribution in [2.75, 3.05) is 84.6 Å². The average molecular weight is 419 g/mol. The third kappa shape index (κ3) is 8.90. The van der Waals surface area contributed by atoms with E-state index in [-0.39, 0.29) is 0 Å². The molecule has 1 aliphatic heterocycles. The van der Waals surface area contributed by atoms with Gasteiger partial charge in [0.05, 0.1) is 6.54 Å². The Kier molecular flexibility index (Phi) is 11.6. The minimum atomic E-state index is 0.440. The summed E-state index contributed by atoms with van der Waals surface area (Å²) in [6.07, 6.45) is 1.07. The molecular formula is C23H42N6O. The summed E-state index contributed by atoms with van der Waals surface area (Å²) in [6, 6.07) is 11.2. The number of para-hydroxylation sites is 1. The fourth-order valence-corrected chi connectivity index (χ4v) is 3.70. The fourth-order valence-electron chi connectivity index (χ4n) is 3.70. The van der Waals surface area contributed by atoms with Crippen molar-refractivity contribution in [3.05, 3.63) is 30.3 Å². The van der Waals surface area contributed by atoms with Gasteiger partial charge in [-0.1, -0.05) is 18.2 Å². The molecule has 170 valence electrons. The predicted molar refractivity (Wildman–Crippen MR) is 128 cm³/mol. The molecule has 0 amide bonds. The van der Waals surface area contributed by atoms with Crippen LogP contribution in [0, 0.1) is 0 Å². The molecule has 1 atom stereocenters. The lowest BCUT2D eigenvalue weighted by molar-refractivity contribution is 0.180. The van der Waals surface area contributed by atoms with Crippen LogP contribution in [0.25, 0.3) is 0 Å². The highest BCUT2D eigenvalue weighted by molar-refractivity contribution is 5.79. The Balaban J connectivity index is 1.72. The molecule has 1 heterocycles. The van der Waals surface area contributed by atoms with Crippen LogP contribution in [0.5, 0.6) is 0 Å². The lowest BCUT2D eigenvalue weighted by atomic mass is 10.2. The zero-order chi connectivity index (χ0) is 21.6. The van der Waals surface area contributed by atoms with Crippen LogP contribution in [0.4, 0.5) is 5.69 Å². The van der Waals surface area contributed by atoms with Crippen LogP contribution in [0.15, 0.2) is 35.3 Å². The molecule has 1 unspecified atom stereocenters. The quantitative estimate of drug-likeness (QED) is 0.306. The number of hydrogen-bond acceptors (Lipinski definition) is 5. The summed E-state index contributed by atoms with van der Waals surface area (Å²) in [6.45, 7) is 14.2. The highest BCUT2D eigenvalue weighted by Crippen LogP contribution is 2.16. The Morgan fingerprint density at radius 3 is 2.53 bits per heavy atom. The Morgan fingerprint density at radius 1 is 1.13 bits per heavy atom. The van der Waals surface area contributed by atoms with Gasteiger partial charge in [0.2, 0.25) is 0 Å². The summed E-state index contributed by atoms with van der Waals surface area (Å²) in [5, 5.41) is 6.84. The average Bonchev–Trinajstić information content (AvgIpc) is 2.78. The molecule has 0 bridgehead atoms. The van der Waals surface area contributed by atoms with Crippen molar-refractivity contribution in [2.45, 2.75) is 26.3 Å². The van der Waals surface area contributed by atoms with Crippen molar-refractivity contribution < 1.29 is 4.74 Å².